The quantitative estimate of drug-likeness (QED) is 0.229. The molecule has 4 rings (SSSR count). The SMILES string of the molecule is O=[N+]([O-])c1ccc(CSc2cn(Cc3cccc(F)c3)c3ccccc23)cc1. The van der Waals surface area contributed by atoms with E-state index in [9.17, 15) is 14.5 Å². The summed E-state index contributed by atoms with van der Waals surface area (Å²) < 4.78 is 15.6. The summed E-state index contributed by atoms with van der Waals surface area (Å²) in [5.41, 5.74) is 3.13. The molecular weight excluding hydrogens is 375 g/mol. The fourth-order valence-corrected chi connectivity index (χ4v) is 4.21. The minimum Gasteiger partial charge on any atom is -0.342 e. The lowest BCUT2D eigenvalue weighted by Crippen LogP contribution is -1.98. The van der Waals surface area contributed by atoms with Crippen LogP contribution in [0.25, 0.3) is 10.9 Å². The molecule has 0 bridgehead atoms. The van der Waals surface area contributed by atoms with Crippen LogP contribution >= 0.6 is 11.8 Å². The van der Waals surface area contributed by atoms with Crippen molar-refractivity contribution >= 4 is 28.4 Å². The van der Waals surface area contributed by atoms with Crippen LogP contribution in [-0.4, -0.2) is 9.49 Å². The maximum absolute atomic E-state index is 13.5. The molecule has 3 aromatic carbocycles. The van der Waals surface area contributed by atoms with Gasteiger partial charge in [0.2, 0.25) is 0 Å². The molecule has 0 aliphatic rings. The third-order valence-corrected chi connectivity index (χ3v) is 5.65. The van der Waals surface area contributed by atoms with E-state index in [1.54, 1.807) is 36.0 Å². The van der Waals surface area contributed by atoms with Crippen LogP contribution in [0.5, 0.6) is 0 Å². The largest absolute Gasteiger partial charge is 0.342 e. The summed E-state index contributed by atoms with van der Waals surface area (Å²) in [5, 5.41) is 11.9. The van der Waals surface area contributed by atoms with Gasteiger partial charge in [-0.3, -0.25) is 10.1 Å². The van der Waals surface area contributed by atoms with E-state index in [2.05, 4.69) is 22.9 Å². The number of benzene rings is 3. The second-order valence-electron chi connectivity index (χ2n) is 6.48. The van der Waals surface area contributed by atoms with Gasteiger partial charge in [0.1, 0.15) is 5.82 Å². The highest BCUT2D eigenvalue weighted by molar-refractivity contribution is 7.98. The lowest BCUT2D eigenvalue weighted by atomic mass is 10.2. The number of aromatic nitrogens is 1. The Morgan fingerprint density at radius 1 is 0.964 bits per heavy atom. The third kappa shape index (κ3) is 3.92. The molecular formula is C22H17FN2O2S. The molecule has 0 aliphatic heterocycles. The first kappa shape index (κ1) is 18.3. The zero-order chi connectivity index (χ0) is 19.5. The fourth-order valence-electron chi connectivity index (χ4n) is 3.17. The van der Waals surface area contributed by atoms with Crippen molar-refractivity contribution in [2.24, 2.45) is 0 Å². The molecule has 0 N–H and O–H groups in total. The van der Waals surface area contributed by atoms with Gasteiger partial charge in [0.25, 0.3) is 5.69 Å². The van der Waals surface area contributed by atoms with Crippen molar-refractivity contribution in [3.8, 4) is 0 Å². The van der Waals surface area contributed by atoms with E-state index < -0.39 is 4.92 Å². The maximum Gasteiger partial charge on any atom is 0.269 e. The molecule has 0 saturated carbocycles. The normalized spacial score (nSPS) is 11.0. The number of nitro benzene ring substituents is 1. The Morgan fingerprint density at radius 2 is 1.75 bits per heavy atom. The second kappa shape index (κ2) is 7.86. The zero-order valence-corrected chi connectivity index (χ0v) is 15.7. The standard InChI is InChI=1S/C22H17FN2O2S/c23-18-5-3-4-17(12-18)13-24-14-22(20-6-1-2-7-21(20)24)28-15-16-8-10-19(11-9-16)25(26)27/h1-12,14H,13,15H2. The molecule has 4 aromatic rings. The summed E-state index contributed by atoms with van der Waals surface area (Å²) in [7, 11) is 0. The minimum atomic E-state index is -0.392. The Kier molecular flexibility index (Phi) is 5.12. The van der Waals surface area contributed by atoms with Gasteiger partial charge in [-0.15, -0.1) is 11.8 Å². The molecule has 0 unspecified atom stereocenters. The number of hydrogen-bond donors (Lipinski definition) is 0. The molecule has 6 heteroatoms. The van der Waals surface area contributed by atoms with Crippen LogP contribution in [0.2, 0.25) is 0 Å². The lowest BCUT2D eigenvalue weighted by Gasteiger charge is -2.05. The predicted molar refractivity (Wildman–Crippen MR) is 110 cm³/mol. The van der Waals surface area contributed by atoms with E-state index in [-0.39, 0.29) is 11.5 Å². The first-order valence-electron chi connectivity index (χ1n) is 8.78. The molecule has 0 atom stereocenters. The molecule has 0 saturated heterocycles. The van der Waals surface area contributed by atoms with Gasteiger partial charge in [-0.1, -0.05) is 42.5 Å². The van der Waals surface area contributed by atoms with Crippen molar-refractivity contribution in [3.05, 3.63) is 106 Å². The van der Waals surface area contributed by atoms with Gasteiger partial charge in [-0.2, -0.15) is 0 Å². The van der Waals surface area contributed by atoms with E-state index in [1.165, 1.54) is 18.2 Å². The minimum absolute atomic E-state index is 0.0976. The Balaban J connectivity index is 1.58. The maximum atomic E-state index is 13.5. The average Bonchev–Trinajstić information content (AvgIpc) is 3.04. The van der Waals surface area contributed by atoms with E-state index in [0.29, 0.717) is 12.3 Å². The monoisotopic (exact) mass is 392 g/mol. The fraction of sp³-hybridized carbons (Fsp3) is 0.0909. The number of nitrogens with zero attached hydrogens (tertiary/aromatic N) is 2. The summed E-state index contributed by atoms with van der Waals surface area (Å²) in [6, 6.07) is 21.4. The van der Waals surface area contributed by atoms with Crippen LogP contribution in [0.15, 0.2) is 83.9 Å². The van der Waals surface area contributed by atoms with Crippen LogP contribution in [0.3, 0.4) is 0 Å². The molecule has 0 fully saturated rings. The van der Waals surface area contributed by atoms with Crippen molar-refractivity contribution < 1.29 is 9.31 Å². The van der Waals surface area contributed by atoms with Crippen LogP contribution < -0.4 is 0 Å². The van der Waals surface area contributed by atoms with Crippen molar-refractivity contribution in [2.45, 2.75) is 17.2 Å². The van der Waals surface area contributed by atoms with Gasteiger partial charge in [0, 0.05) is 46.4 Å². The highest BCUT2D eigenvalue weighted by Crippen LogP contribution is 2.33. The number of fused-ring (bicyclic) bond motifs is 1. The van der Waals surface area contributed by atoms with E-state index in [1.807, 2.05) is 18.2 Å². The van der Waals surface area contributed by atoms with Gasteiger partial charge in [0.15, 0.2) is 0 Å². The highest BCUT2D eigenvalue weighted by Gasteiger charge is 2.10. The first-order valence-corrected chi connectivity index (χ1v) is 9.77. The van der Waals surface area contributed by atoms with E-state index in [0.717, 1.165) is 26.9 Å². The van der Waals surface area contributed by atoms with Crippen LogP contribution in [-0.2, 0) is 12.3 Å². The Labute approximate surface area is 165 Å². The Bertz CT molecular complexity index is 1140. The van der Waals surface area contributed by atoms with Crippen LogP contribution in [0, 0.1) is 15.9 Å². The molecule has 1 aromatic heterocycles. The summed E-state index contributed by atoms with van der Waals surface area (Å²) in [6.45, 7) is 0.594. The van der Waals surface area contributed by atoms with Crippen molar-refractivity contribution in [1.82, 2.24) is 4.57 Å². The first-order chi connectivity index (χ1) is 13.6. The molecule has 28 heavy (non-hydrogen) atoms. The molecule has 0 radical (unpaired) electrons. The summed E-state index contributed by atoms with van der Waals surface area (Å²) in [4.78, 5) is 11.5. The average molecular weight is 392 g/mol. The zero-order valence-electron chi connectivity index (χ0n) is 14.9. The van der Waals surface area contributed by atoms with Crippen molar-refractivity contribution in [3.63, 3.8) is 0 Å². The van der Waals surface area contributed by atoms with Gasteiger partial charge in [-0.05, 0) is 29.3 Å². The van der Waals surface area contributed by atoms with Gasteiger partial charge < -0.3 is 4.57 Å². The summed E-state index contributed by atoms with van der Waals surface area (Å²) >= 11 is 1.69. The number of halogens is 1. The van der Waals surface area contributed by atoms with Gasteiger partial charge >= 0.3 is 0 Å². The molecule has 140 valence electrons. The van der Waals surface area contributed by atoms with Gasteiger partial charge in [0.05, 0.1) is 4.92 Å². The van der Waals surface area contributed by atoms with E-state index >= 15 is 0 Å². The van der Waals surface area contributed by atoms with E-state index in [4.69, 9.17) is 0 Å². The molecule has 0 spiro atoms. The van der Waals surface area contributed by atoms with Crippen molar-refractivity contribution in [1.29, 1.82) is 0 Å². The summed E-state index contributed by atoms with van der Waals surface area (Å²) in [5.74, 6) is 0.480. The molecule has 0 aliphatic carbocycles. The Morgan fingerprint density at radius 3 is 2.50 bits per heavy atom. The molecule has 0 amide bonds. The van der Waals surface area contributed by atoms with Crippen LogP contribution in [0.4, 0.5) is 10.1 Å². The predicted octanol–water partition coefficient (Wildman–Crippen LogP) is 6.03. The number of thioether (sulfide) groups is 1. The second-order valence-corrected chi connectivity index (χ2v) is 7.50. The number of rotatable bonds is 6. The van der Waals surface area contributed by atoms with Gasteiger partial charge in [-0.25, -0.2) is 4.39 Å². The number of hydrogen-bond acceptors (Lipinski definition) is 3. The topological polar surface area (TPSA) is 48.1 Å². The number of non-ortho nitro benzene ring substituents is 1. The summed E-state index contributed by atoms with van der Waals surface area (Å²) in [6.07, 6.45) is 2.09. The van der Waals surface area contributed by atoms with Crippen LogP contribution in [0.1, 0.15) is 11.1 Å². The highest BCUT2D eigenvalue weighted by atomic mass is 32.2. The van der Waals surface area contributed by atoms with Crippen molar-refractivity contribution in [2.75, 3.05) is 0 Å². The molecule has 4 nitrogen and oxygen atoms in total. The smallest absolute Gasteiger partial charge is 0.269 e. The third-order valence-electron chi connectivity index (χ3n) is 4.54. The molecule has 1 heterocycles. The number of para-hydroxylation sites is 1. The lowest BCUT2D eigenvalue weighted by molar-refractivity contribution is -0.384. The number of nitro groups is 1. The Hall–Kier alpha value is -3.12.